The minimum atomic E-state index is -4.75. The van der Waals surface area contributed by atoms with Crippen LogP contribution in [-0.4, -0.2) is 41.0 Å². The molecule has 0 unspecified atom stereocenters. The quantitative estimate of drug-likeness (QED) is 0.0300. The van der Waals surface area contributed by atoms with Crippen LogP contribution < -0.4 is 0 Å². The van der Waals surface area contributed by atoms with Crippen molar-refractivity contribution in [2.24, 2.45) is 0 Å². The van der Waals surface area contributed by atoms with Gasteiger partial charge in [0, 0.05) is 12.8 Å². The number of carbonyl (C=O) groups is 2. The predicted molar refractivity (Wildman–Crippen MR) is 189 cm³/mol. The van der Waals surface area contributed by atoms with Gasteiger partial charge in [-0.1, -0.05) is 128 Å². The lowest BCUT2D eigenvalue weighted by atomic mass is 10.1. The lowest BCUT2D eigenvalue weighted by Crippen LogP contribution is -2.29. The zero-order chi connectivity index (χ0) is 34.0. The van der Waals surface area contributed by atoms with E-state index in [-0.39, 0.29) is 19.4 Å². The first kappa shape index (κ1) is 44.5. The second-order valence-corrected chi connectivity index (χ2v) is 13.8. The first-order chi connectivity index (χ1) is 22.3. The van der Waals surface area contributed by atoms with Crippen molar-refractivity contribution >= 4 is 19.8 Å². The van der Waals surface area contributed by atoms with Crippen molar-refractivity contribution in [3.63, 3.8) is 0 Å². The van der Waals surface area contributed by atoms with Crippen LogP contribution in [0.3, 0.4) is 0 Å². The number of rotatable bonds is 34. The van der Waals surface area contributed by atoms with Crippen LogP contribution in [0.25, 0.3) is 0 Å². The van der Waals surface area contributed by atoms with Gasteiger partial charge in [0.2, 0.25) is 0 Å². The molecule has 1 atom stereocenters. The highest BCUT2D eigenvalue weighted by atomic mass is 31.2. The maximum Gasteiger partial charge on any atom is 0.469 e. The number of hydrogen-bond donors (Lipinski definition) is 2. The molecule has 0 bridgehead atoms. The van der Waals surface area contributed by atoms with Crippen molar-refractivity contribution in [1.29, 1.82) is 0 Å². The predicted octanol–water partition coefficient (Wildman–Crippen LogP) is 10.8. The highest BCUT2D eigenvalue weighted by molar-refractivity contribution is 7.46. The Hall–Kier alpha value is -1.47. The number of ether oxygens (including phenoxy) is 2. The summed E-state index contributed by atoms with van der Waals surface area (Å²) in [5, 5.41) is 0. The average molecular weight is 673 g/mol. The zero-order valence-electron chi connectivity index (χ0n) is 29.5. The van der Waals surface area contributed by atoms with Crippen LogP contribution in [0.1, 0.15) is 181 Å². The number of unbranched alkanes of at least 4 members (excludes halogenated alkanes) is 20. The van der Waals surface area contributed by atoms with Crippen LogP contribution in [-0.2, 0) is 28.2 Å². The van der Waals surface area contributed by atoms with E-state index >= 15 is 0 Å². The SMILES string of the molecule is CCCCCCCC/C=C/CCCCCC(=O)O[C@H](COC(=O)CCCCC/C=C/CCCCCCCCCC)COP(=O)(O)O. The van der Waals surface area contributed by atoms with Crippen molar-refractivity contribution < 1.29 is 37.9 Å². The molecule has 0 fully saturated rings. The highest BCUT2D eigenvalue weighted by Gasteiger charge is 2.22. The van der Waals surface area contributed by atoms with E-state index < -0.39 is 32.5 Å². The molecule has 0 aromatic carbocycles. The average Bonchev–Trinajstić information content (AvgIpc) is 3.02. The molecule has 0 aliphatic rings. The summed E-state index contributed by atoms with van der Waals surface area (Å²) in [5.41, 5.74) is 0. The van der Waals surface area contributed by atoms with Crippen molar-refractivity contribution in [3.05, 3.63) is 24.3 Å². The summed E-state index contributed by atoms with van der Waals surface area (Å²) in [5.74, 6) is -0.920. The number of phosphoric ester groups is 1. The van der Waals surface area contributed by atoms with Gasteiger partial charge in [-0.15, -0.1) is 0 Å². The number of phosphoric acid groups is 1. The Kier molecular flexibility index (Phi) is 32.4. The lowest BCUT2D eigenvalue weighted by Gasteiger charge is -2.18. The van der Waals surface area contributed by atoms with Gasteiger partial charge >= 0.3 is 19.8 Å². The van der Waals surface area contributed by atoms with Gasteiger partial charge in [-0.2, -0.15) is 0 Å². The molecule has 0 saturated heterocycles. The summed E-state index contributed by atoms with van der Waals surface area (Å²) >= 11 is 0. The molecule has 0 spiro atoms. The van der Waals surface area contributed by atoms with Crippen LogP contribution in [0.2, 0.25) is 0 Å². The van der Waals surface area contributed by atoms with Crippen molar-refractivity contribution in [2.75, 3.05) is 13.2 Å². The normalized spacial score (nSPS) is 12.7. The first-order valence-electron chi connectivity index (χ1n) is 18.6. The van der Waals surface area contributed by atoms with Crippen molar-refractivity contribution in [2.45, 2.75) is 187 Å². The molecule has 0 heterocycles. The van der Waals surface area contributed by atoms with E-state index in [1.54, 1.807) is 0 Å². The Balaban J connectivity index is 4.01. The smallest absolute Gasteiger partial charge is 0.462 e. The topological polar surface area (TPSA) is 119 Å². The van der Waals surface area contributed by atoms with Crippen LogP contribution >= 0.6 is 7.82 Å². The van der Waals surface area contributed by atoms with Gasteiger partial charge in [-0.05, 0) is 64.2 Å². The molecule has 2 N–H and O–H groups in total. The maximum atomic E-state index is 12.3. The molecule has 8 nitrogen and oxygen atoms in total. The summed E-state index contributed by atoms with van der Waals surface area (Å²) in [6.45, 7) is 3.64. The van der Waals surface area contributed by atoms with E-state index in [2.05, 4.69) is 42.7 Å². The zero-order valence-corrected chi connectivity index (χ0v) is 30.4. The van der Waals surface area contributed by atoms with Crippen LogP contribution in [0.4, 0.5) is 0 Å². The molecule has 0 aromatic heterocycles. The van der Waals surface area contributed by atoms with Gasteiger partial charge in [0.15, 0.2) is 6.10 Å². The third-order valence-electron chi connectivity index (χ3n) is 7.94. The summed E-state index contributed by atoms with van der Waals surface area (Å²) in [6.07, 6.45) is 36.2. The molecule has 0 aliphatic carbocycles. The molecule has 270 valence electrons. The third kappa shape index (κ3) is 35.4. The third-order valence-corrected chi connectivity index (χ3v) is 8.43. The Morgan fingerprint density at radius 3 is 1.33 bits per heavy atom. The standard InChI is InChI=1S/C37H69O8P/c1-3-5-7-9-11-13-15-17-18-20-21-23-25-27-29-31-36(38)43-33-35(34-44-46(40,41)42)45-37(39)32-30-28-26-24-22-19-16-14-12-10-8-6-4-2/h19-22,35H,3-18,23-34H2,1-2H3,(H2,40,41,42)/b21-20+,22-19+/t35-/m1/s1. The van der Waals surface area contributed by atoms with E-state index in [0.717, 1.165) is 51.4 Å². The molecule has 0 saturated carbocycles. The molecule has 0 aromatic rings. The highest BCUT2D eigenvalue weighted by Crippen LogP contribution is 2.36. The maximum absolute atomic E-state index is 12.3. The fourth-order valence-corrected chi connectivity index (χ4v) is 5.49. The lowest BCUT2D eigenvalue weighted by molar-refractivity contribution is -0.161. The first-order valence-corrected chi connectivity index (χ1v) is 20.2. The summed E-state index contributed by atoms with van der Waals surface area (Å²) in [4.78, 5) is 42.6. The number of allylic oxidation sites excluding steroid dienone is 4. The molecular formula is C37H69O8P. The number of hydrogen-bond acceptors (Lipinski definition) is 6. The molecule has 46 heavy (non-hydrogen) atoms. The summed E-state index contributed by atoms with van der Waals surface area (Å²) < 4.78 is 26.2. The molecule has 9 heteroatoms. The van der Waals surface area contributed by atoms with E-state index in [4.69, 9.17) is 19.3 Å². The second-order valence-electron chi connectivity index (χ2n) is 12.5. The van der Waals surface area contributed by atoms with Gasteiger partial charge in [0.25, 0.3) is 0 Å². The minimum Gasteiger partial charge on any atom is -0.462 e. The Morgan fingerprint density at radius 1 is 0.543 bits per heavy atom. The van der Waals surface area contributed by atoms with Gasteiger partial charge in [-0.25, -0.2) is 4.57 Å². The van der Waals surface area contributed by atoms with Crippen LogP contribution in [0.15, 0.2) is 24.3 Å². The fourth-order valence-electron chi connectivity index (χ4n) is 5.13. The number of carbonyl (C=O) groups excluding carboxylic acids is 2. The largest absolute Gasteiger partial charge is 0.469 e. The van der Waals surface area contributed by atoms with Crippen molar-refractivity contribution in [3.8, 4) is 0 Å². The summed E-state index contributed by atoms with van der Waals surface area (Å²) in [6, 6.07) is 0. The van der Waals surface area contributed by atoms with Crippen molar-refractivity contribution in [1.82, 2.24) is 0 Å². The van der Waals surface area contributed by atoms with Gasteiger partial charge in [0.1, 0.15) is 6.61 Å². The van der Waals surface area contributed by atoms with Crippen LogP contribution in [0, 0.1) is 0 Å². The van der Waals surface area contributed by atoms with Gasteiger partial charge in [0.05, 0.1) is 6.61 Å². The molecule has 0 aliphatic heterocycles. The second kappa shape index (κ2) is 33.4. The van der Waals surface area contributed by atoms with E-state index in [1.807, 2.05) is 0 Å². The monoisotopic (exact) mass is 672 g/mol. The van der Waals surface area contributed by atoms with Gasteiger partial charge in [-0.3, -0.25) is 14.1 Å². The molecule has 0 amide bonds. The van der Waals surface area contributed by atoms with E-state index in [1.165, 1.54) is 89.9 Å². The fraction of sp³-hybridized carbons (Fsp3) is 0.838. The van der Waals surface area contributed by atoms with Gasteiger partial charge < -0.3 is 19.3 Å². The Labute approximate surface area is 281 Å². The van der Waals surface area contributed by atoms with E-state index in [0.29, 0.717) is 12.8 Å². The molecule has 0 radical (unpaired) electrons. The van der Waals surface area contributed by atoms with E-state index in [9.17, 15) is 14.2 Å². The minimum absolute atomic E-state index is 0.190. The molecule has 0 rings (SSSR count). The Morgan fingerprint density at radius 2 is 0.913 bits per heavy atom. The molecular weight excluding hydrogens is 603 g/mol. The Bertz CT molecular complexity index is 807. The number of esters is 2. The van der Waals surface area contributed by atoms with Crippen LogP contribution in [0.5, 0.6) is 0 Å². The summed E-state index contributed by atoms with van der Waals surface area (Å²) in [7, 11) is -4.75.